The third kappa shape index (κ3) is 5.53. The highest BCUT2D eigenvalue weighted by molar-refractivity contribution is 7.80. The molecule has 0 aromatic heterocycles. The van der Waals surface area contributed by atoms with E-state index >= 15 is 0 Å². The van der Waals surface area contributed by atoms with Crippen molar-refractivity contribution in [2.45, 2.75) is 6.42 Å². The van der Waals surface area contributed by atoms with Crippen LogP contribution in [0.5, 0.6) is 0 Å². The van der Waals surface area contributed by atoms with Gasteiger partial charge in [0.25, 0.3) is 0 Å². The van der Waals surface area contributed by atoms with Gasteiger partial charge in [-0.25, -0.2) is 0 Å². The highest BCUT2D eigenvalue weighted by atomic mass is 35.5. The van der Waals surface area contributed by atoms with Gasteiger partial charge in [-0.2, -0.15) is 0 Å². The van der Waals surface area contributed by atoms with Crippen molar-refractivity contribution in [1.29, 1.82) is 0 Å². The molecule has 0 radical (unpaired) electrons. The van der Waals surface area contributed by atoms with E-state index in [0.29, 0.717) is 0 Å². The second kappa shape index (κ2) is 5.20. The quantitative estimate of drug-likeness (QED) is 0.637. The van der Waals surface area contributed by atoms with Crippen LogP contribution in [-0.4, -0.2) is 16.1 Å². The summed E-state index contributed by atoms with van der Waals surface area (Å²) in [6.45, 7) is 0. The van der Waals surface area contributed by atoms with Gasteiger partial charge < -0.3 is 10.4 Å². The zero-order valence-corrected chi connectivity index (χ0v) is 6.58. The summed E-state index contributed by atoms with van der Waals surface area (Å²) < 4.78 is 0. The van der Waals surface area contributed by atoms with Crippen LogP contribution in [0.2, 0.25) is 0 Å². The Labute approximate surface area is 68.7 Å². The first-order chi connectivity index (χ1) is 4.66. The van der Waals surface area contributed by atoms with Crippen LogP contribution in [0.25, 0.3) is 0 Å². The van der Waals surface area contributed by atoms with Crippen molar-refractivity contribution in [3.8, 4) is 0 Å². The standard InChI is InChI=1S/C5H6ClNO2S/c6-1-2-7-4(10)3-5(8)9/h1-2H,3H2,(H,7,10)(H,8,9)/b2-1+. The van der Waals surface area contributed by atoms with E-state index in [4.69, 9.17) is 16.7 Å². The Kier molecular flexibility index (Phi) is 4.88. The van der Waals surface area contributed by atoms with Gasteiger partial charge in [0, 0.05) is 11.7 Å². The molecule has 0 aliphatic carbocycles. The van der Waals surface area contributed by atoms with Gasteiger partial charge in [-0.3, -0.25) is 4.79 Å². The van der Waals surface area contributed by atoms with Crippen molar-refractivity contribution < 1.29 is 9.90 Å². The minimum atomic E-state index is -0.958. The smallest absolute Gasteiger partial charge is 0.310 e. The lowest BCUT2D eigenvalue weighted by molar-refractivity contribution is -0.135. The predicted molar refractivity (Wildman–Crippen MR) is 43.0 cm³/mol. The zero-order valence-electron chi connectivity index (χ0n) is 5.00. The second-order valence-corrected chi connectivity index (χ2v) is 2.18. The van der Waals surface area contributed by atoms with Gasteiger partial charge in [0.15, 0.2) is 0 Å². The van der Waals surface area contributed by atoms with Gasteiger partial charge in [-0.15, -0.1) is 0 Å². The Balaban J connectivity index is 3.54. The summed E-state index contributed by atoms with van der Waals surface area (Å²) in [6.07, 6.45) is 1.20. The van der Waals surface area contributed by atoms with E-state index in [1.54, 1.807) is 0 Å². The Bertz CT molecular complexity index is 169. The number of carboxylic acids is 1. The van der Waals surface area contributed by atoms with Crippen LogP contribution < -0.4 is 5.32 Å². The number of carboxylic acid groups (broad SMARTS) is 1. The van der Waals surface area contributed by atoms with E-state index in [1.807, 2.05) is 0 Å². The van der Waals surface area contributed by atoms with Gasteiger partial charge in [-0.05, 0) is 0 Å². The molecule has 0 saturated carbocycles. The Morgan fingerprint density at radius 3 is 2.80 bits per heavy atom. The lowest BCUT2D eigenvalue weighted by atomic mass is 10.4. The molecular formula is C5H6ClNO2S. The number of thiocarbonyl (C=S) groups is 1. The van der Waals surface area contributed by atoms with Crippen molar-refractivity contribution in [3.05, 3.63) is 11.7 Å². The Hall–Kier alpha value is -0.610. The fourth-order valence-electron chi connectivity index (χ4n) is 0.313. The average Bonchev–Trinajstić information content (AvgIpc) is 1.82. The largest absolute Gasteiger partial charge is 0.481 e. The van der Waals surface area contributed by atoms with Gasteiger partial charge in [0.1, 0.15) is 0 Å². The summed E-state index contributed by atoms with van der Waals surface area (Å²) in [4.78, 5) is 10.2. The van der Waals surface area contributed by atoms with Crippen molar-refractivity contribution in [1.82, 2.24) is 5.32 Å². The average molecular weight is 180 g/mol. The summed E-state index contributed by atoms with van der Waals surface area (Å²) >= 11 is 9.73. The van der Waals surface area contributed by atoms with Gasteiger partial charge in [0.2, 0.25) is 0 Å². The van der Waals surface area contributed by atoms with E-state index in [9.17, 15) is 4.79 Å². The fourth-order valence-corrected chi connectivity index (χ4v) is 0.567. The molecule has 0 spiro atoms. The summed E-state index contributed by atoms with van der Waals surface area (Å²) in [5.74, 6) is -0.958. The molecule has 0 aliphatic rings. The lowest BCUT2D eigenvalue weighted by Crippen LogP contribution is -2.17. The van der Waals surface area contributed by atoms with Crippen LogP contribution in [0.3, 0.4) is 0 Å². The number of halogens is 1. The van der Waals surface area contributed by atoms with Crippen molar-refractivity contribution >= 4 is 34.8 Å². The summed E-state index contributed by atoms with van der Waals surface area (Å²) in [5, 5.41) is 10.7. The van der Waals surface area contributed by atoms with E-state index < -0.39 is 5.97 Å². The van der Waals surface area contributed by atoms with Crippen molar-refractivity contribution in [2.75, 3.05) is 0 Å². The predicted octanol–water partition coefficient (Wildman–Crippen LogP) is 1.09. The first-order valence-corrected chi connectivity index (χ1v) is 3.27. The maximum absolute atomic E-state index is 9.99. The van der Waals surface area contributed by atoms with Crippen LogP contribution >= 0.6 is 23.8 Å². The molecule has 56 valence electrons. The topological polar surface area (TPSA) is 49.3 Å². The molecule has 0 heterocycles. The number of carbonyl (C=O) groups is 1. The second-order valence-electron chi connectivity index (χ2n) is 1.43. The first-order valence-electron chi connectivity index (χ1n) is 2.43. The van der Waals surface area contributed by atoms with Crippen molar-refractivity contribution in [2.24, 2.45) is 0 Å². The molecule has 0 bridgehead atoms. The highest BCUT2D eigenvalue weighted by Crippen LogP contribution is 1.83. The summed E-state index contributed by atoms with van der Waals surface area (Å²) in [5.41, 5.74) is 1.22. The molecule has 0 aliphatic heterocycles. The minimum absolute atomic E-state index is 0.170. The molecule has 0 unspecified atom stereocenters. The monoisotopic (exact) mass is 179 g/mol. The normalized spacial score (nSPS) is 9.70. The minimum Gasteiger partial charge on any atom is -0.481 e. The molecule has 5 heteroatoms. The molecule has 0 rings (SSSR count). The van der Waals surface area contributed by atoms with E-state index in [-0.39, 0.29) is 11.4 Å². The first kappa shape index (κ1) is 9.39. The van der Waals surface area contributed by atoms with Gasteiger partial charge >= 0.3 is 5.97 Å². The Morgan fingerprint density at radius 2 is 2.40 bits per heavy atom. The molecule has 0 aromatic rings. The molecule has 0 atom stereocenters. The maximum Gasteiger partial charge on any atom is 0.310 e. The number of hydrogen-bond acceptors (Lipinski definition) is 2. The molecule has 0 fully saturated rings. The number of aliphatic carboxylic acids is 1. The molecule has 0 aromatic carbocycles. The van der Waals surface area contributed by atoms with Crippen LogP contribution in [0, 0.1) is 0 Å². The van der Waals surface area contributed by atoms with Crippen LogP contribution in [-0.2, 0) is 4.79 Å². The molecule has 3 nitrogen and oxygen atoms in total. The molecular weight excluding hydrogens is 174 g/mol. The van der Waals surface area contributed by atoms with E-state index in [2.05, 4.69) is 17.5 Å². The molecule has 10 heavy (non-hydrogen) atoms. The Morgan fingerprint density at radius 1 is 1.80 bits per heavy atom. The molecule has 2 N–H and O–H groups in total. The SMILES string of the molecule is O=C(O)CC(=S)N/C=C/Cl. The highest BCUT2D eigenvalue weighted by Gasteiger charge is 1.99. The van der Waals surface area contributed by atoms with Crippen LogP contribution in [0.1, 0.15) is 6.42 Å². The summed E-state index contributed by atoms with van der Waals surface area (Å²) in [6, 6.07) is 0. The fraction of sp³-hybridized carbons (Fsp3) is 0.200. The van der Waals surface area contributed by atoms with Gasteiger partial charge in [0.05, 0.1) is 11.4 Å². The number of nitrogens with one attached hydrogen (secondary N) is 1. The van der Waals surface area contributed by atoms with Gasteiger partial charge in [-0.1, -0.05) is 23.8 Å². The van der Waals surface area contributed by atoms with Crippen LogP contribution in [0.4, 0.5) is 0 Å². The lowest BCUT2D eigenvalue weighted by Gasteiger charge is -1.96. The zero-order chi connectivity index (χ0) is 7.98. The number of rotatable bonds is 3. The molecule has 0 amide bonds. The number of hydrogen-bond donors (Lipinski definition) is 2. The maximum atomic E-state index is 9.99. The van der Waals surface area contributed by atoms with E-state index in [1.165, 1.54) is 11.7 Å². The van der Waals surface area contributed by atoms with E-state index in [0.717, 1.165) is 0 Å². The third-order valence-electron chi connectivity index (χ3n) is 0.619. The molecule has 0 saturated heterocycles. The summed E-state index contributed by atoms with van der Waals surface area (Å²) in [7, 11) is 0. The third-order valence-corrected chi connectivity index (χ3v) is 1.01. The van der Waals surface area contributed by atoms with Crippen molar-refractivity contribution in [3.63, 3.8) is 0 Å². The van der Waals surface area contributed by atoms with Crippen LogP contribution in [0.15, 0.2) is 11.7 Å².